The van der Waals surface area contributed by atoms with Crippen LogP contribution < -0.4 is 10.1 Å². The number of benzene rings is 2. The fourth-order valence-corrected chi connectivity index (χ4v) is 2.28. The van der Waals surface area contributed by atoms with Crippen molar-refractivity contribution >= 4 is 17.1 Å². The first-order valence-corrected chi connectivity index (χ1v) is 7.94. The molecule has 2 aromatic carbocycles. The van der Waals surface area contributed by atoms with Gasteiger partial charge in [0.2, 0.25) is 0 Å². The van der Waals surface area contributed by atoms with Crippen molar-refractivity contribution in [3.05, 3.63) is 84.9 Å². The number of hydrogen-bond donors (Lipinski definition) is 1. The van der Waals surface area contributed by atoms with Crippen molar-refractivity contribution in [1.29, 1.82) is 0 Å². The quantitative estimate of drug-likeness (QED) is 0.748. The van der Waals surface area contributed by atoms with Crippen molar-refractivity contribution in [2.45, 2.75) is 0 Å². The summed E-state index contributed by atoms with van der Waals surface area (Å²) in [4.78, 5) is 1.99. The topological polar surface area (TPSA) is 49.2 Å². The number of anilines is 2. The Kier molecular flexibility index (Phi) is 5.26. The maximum absolute atomic E-state index is 5.16. The highest BCUT2D eigenvalue weighted by molar-refractivity contribution is 5.62. The van der Waals surface area contributed by atoms with Gasteiger partial charge >= 0.3 is 0 Å². The molecule has 1 N–H and O–H groups in total. The maximum Gasteiger partial charge on any atom is 0.119 e. The first-order chi connectivity index (χ1) is 12.2. The zero-order valence-electron chi connectivity index (χ0n) is 14.3. The van der Waals surface area contributed by atoms with E-state index >= 15 is 0 Å². The van der Waals surface area contributed by atoms with E-state index in [0.717, 1.165) is 28.5 Å². The van der Waals surface area contributed by atoms with E-state index in [2.05, 4.69) is 15.5 Å². The van der Waals surface area contributed by atoms with Gasteiger partial charge in [0.25, 0.3) is 0 Å². The summed E-state index contributed by atoms with van der Waals surface area (Å²) < 4.78 is 5.16. The van der Waals surface area contributed by atoms with Crippen LogP contribution in [-0.2, 0) is 0 Å². The van der Waals surface area contributed by atoms with Crippen molar-refractivity contribution < 1.29 is 4.74 Å². The number of nitrogens with one attached hydrogen (secondary N) is 1. The number of methoxy groups -OCH3 is 1. The third kappa shape index (κ3) is 4.57. The highest BCUT2D eigenvalue weighted by atomic mass is 16.5. The van der Waals surface area contributed by atoms with Crippen LogP contribution in [0.2, 0.25) is 0 Å². The molecule has 25 heavy (non-hydrogen) atoms. The Morgan fingerprint density at radius 3 is 2.28 bits per heavy atom. The first kappa shape index (κ1) is 16.5. The van der Waals surface area contributed by atoms with E-state index in [1.165, 1.54) is 0 Å². The van der Waals surface area contributed by atoms with Gasteiger partial charge in [-0.25, -0.2) is 0 Å². The molecule has 1 aliphatic heterocycles. The van der Waals surface area contributed by atoms with Crippen LogP contribution in [0, 0.1) is 0 Å². The van der Waals surface area contributed by atoms with Gasteiger partial charge in [-0.1, -0.05) is 6.08 Å². The van der Waals surface area contributed by atoms with Crippen LogP contribution in [0.4, 0.5) is 17.1 Å². The van der Waals surface area contributed by atoms with Gasteiger partial charge < -0.3 is 15.0 Å². The lowest BCUT2D eigenvalue weighted by atomic mass is 10.2. The molecular weight excluding hydrogens is 312 g/mol. The molecule has 126 valence electrons. The monoisotopic (exact) mass is 332 g/mol. The Balaban J connectivity index is 1.61. The average molecular weight is 332 g/mol. The minimum absolute atomic E-state index is 0.801. The number of rotatable bonds is 5. The highest BCUT2D eigenvalue weighted by Gasteiger charge is 1.99. The highest BCUT2D eigenvalue weighted by Crippen LogP contribution is 2.22. The fraction of sp³-hybridized carbons (Fsp3) is 0.100. The number of azo groups is 1. The van der Waals surface area contributed by atoms with Gasteiger partial charge in [-0.3, -0.25) is 0 Å². The van der Waals surface area contributed by atoms with Crippen LogP contribution >= 0.6 is 0 Å². The molecule has 0 aromatic heterocycles. The summed E-state index contributed by atoms with van der Waals surface area (Å²) in [6.07, 6.45) is 9.65. The number of allylic oxidation sites excluding steroid dienone is 3. The Morgan fingerprint density at radius 1 is 0.960 bits per heavy atom. The minimum atomic E-state index is 0.801. The standard InChI is InChI=1S/C20H20N4O/c1-24-14-4-3-5-19(24)15-21-23-18-8-6-16(7-9-18)22-17-10-12-20(25-2)13-11-17/h3-15,22H,1-2H3. The molecule has 3 rings (SSSR count). The van der Waals surface area contributed by atoms with Crippen molar-refractivity contribution in [3.8, 4) is 5.75 Å². The van der Waals surface area contributed by atoms with Crippen LogP contribution in [0.15, 0.2) is 95.1 Å². The van der Waals surface area contributed by atoms with Crippen LogP contribution in [0.5, 0.6) is 5.75 Å². The lowest BCUT2D eigenvalue weighted by Crippen LogP contribution is -2.09. The summed E-state index contributed by atoms with van der Waals surface area (Å²) in [5, 5.41) is 11.7. The van der Waals surface area contributed by atoms with Gasteiger partial charge in [0, 0.05) is 24.6 Å². The lowest BCUT2D eigenvalue weighted by Gasteiger charge is -2.16. The van der Waals surface area contributed by atoms with Crippen LogP contribution in [0.3, 0.4) is 0 Å². The Bertz CT molecular complexity index is 818. The molecule has 0 aliphatic carbocycles. The minimum Gasteiger partial charge on any atom is -0.497 e. The molecule has 1 aliphatic rings. The summed E-state index contributed by atoms with van der Waals surface area (Å²) in [7, 11) is 3.63. The fourth-order valence-electron chi connectivity index (χ4n) is 2.28. The summed E-state index contributed by atoms with van der Waals surface area (Å²) in [6, 6.07) is 15.6. The Hall–Kier alpha value is -3.34. The zero-order chi connectivity index (χ0) is 17.5. The van der Waals surface area contributed by atoms with Gasteiger partial charge in [-0.2, -0.15) is 10.2 Å². The van der Waals surface area contributed by atoms with E-state index in [1.807, 2.05) is 84.9 Å². The molecule has 0 saturated carbocycles. The van der Waals surface area contributed by atoms with Crippen LogP contribution in [0.1, 0.15) is 0 Å². The molecule has 0 spiro atoms. The Labute approximate surface area is 147 Å². The van der Waals surface area contributed by atoms with Crippen molar-refractivity contribution in [1.82, 2.24) is 4.90 Å². The third-order valence-electron chi connectivity index (χ3n) is 3.70. The van der Waals surface area contributed by atoms with E-state index in [1.54, 1.807) is 13.3 Å². The summed E-state index contributed by atoms with van der Waals surface area (Å²) in [5.41, 5.74) is 3.78. The summed E-state index contributed by atoms with van der Waals surface area (Å²) in [5.74, 6) is 0.837. The maximum atomic E-state index is 5.16. The molecule has 0 atom stereocenters. The second kappa shape index (κ2) is 7.97. The van der Waals surface area contributed by atoms with Crippen molar-refractivity contribution in [3.63, 3.8) is 0 Å². The summed E-state index contributed by atoms with van der Waals surface area (Å²) in [6.45, 7) is 0. The van der Waals surface area contributed by atoms with E-state index in [9.17, 15) is 0 Å². The molecule has 2 aromatic rings. The van der Waals surface area contributed by atoms with Gasteiger partial charge in [0.1, 0.15) is 5.75 Å². The second-order valence-corrected chi connectivity index (χ2v) is 5.48. The molecule has 1 heterocycles. The lowest BCUT2D eigenvalue weighted by molar-refractivity contribution is 0.415. The van der Waals surface area contributed by atoms with E-state index in [4.69, 9.17) is 4.74 Å². The van der Waals surface area contributed by atoms with Crippen molar-refractivity contribution in [2.75, 3.05) is 19.5 Å². The molecule has 0 fully saturated rings. The van der Waals surface area contributed by atoms with Crippen molar-refractivity contribution in [2.24, 2.45) is 10.2 Å². The van der Waals surface area contributed by atoms with Crippen LogP contribution in [0.25, 0.3) is 0 Å². The van der Waals surface area contributed by atoms with E-state index in [-0.39, 0.29) is 0 Å². The second-order valence-electron chi connectivity index (χ2n) is 5.48. The number of hydrogen-bond acceptors (Lipinski definition) is 5. The number of nitrogens with zero attached hydrogens (tertiary/aromatic N) is 3. The van der Waals surface area contributed by atoms with Gasteiger partial charge in [-0.15, -0.1) is 0 Å². The van der Waals surface area contributed by atoms with Gasteiger partial charge in [0.05, 0.1) is 24.7 Å². The first-order valence-electron chi connectivity index (χ1n) is 7.94. The predicted molar refractivity (Wildman–Crippen MR) is 101 cm³/mol. The van der Waals surface area contributed by atoms with Crippen LogP contribution in [-0.4, -0.2) is 19.1 Å². The van der Waals surface area contributed by atoms with Gasteiger partial charge in [0.15, 0.2) is 0 Å². The Morgan fingerprint density at radius 2 is 1.64 bits per heavy atom. The molecule has 0 amide bonds. The smallest absolute Gasteiger partial charge is 0.119 e. The molecule has 0 saturated heterocycles. The molecule has 0 bridgehead atoms. The normalized spacial score (nSPS) is 15.1. The molecule has 0 unspecified atom stereocenters. The summed E-state index contributed by atoms with van der Waals surface area (Å²) >= 11 is 0. The predicted octanol–water partition coefficient (Wildman–Crippen LogP) is 5.38. The molecule has 5 heteroatoms. The average Bonchev–Trinajstić information content (AvgIpc) is 2.65. The van der Waals surface area contributed by atoms with Gasteiger partial charge in [-0.05, 0) is 60.7 Å². The van der Waals surface area contributed by atoms with E-state index < -0.39 is 0 Å². The SMILES string of the molecule is COc1ccc(Nc2ccc(N=NC=C3C=CC=CN3C)cc2)cc1. The third-order valence-corrected chi connectivity index (χ3v) is 3.70. The molecular formula is C20H20N4O. The largest absolute Gasteiger partial charge is 0.497 e. The van der Waals surface area contributed by atoms with E-state index in [0.29, 0.717) is 0 Å². The number of likely N-dealkylation sites (N-methyl/N-ethyl adjacent to an activating group) is 1. The molecule has 0 radical (unpaired) electrons. The molecule has 5 nitrogen and oxygen atoms in total. The zero-order valence-corrected chi connectivity index (χ0v) is 14.3. The number of ether oxygens (including phenoxy) is 1.